The van der Waals surface area contributed by atoms with E-state index in [0.717, 1.165) is 49.7 Å². The van der Waals surface area contributed by atoms with Crippen molar-refractivity contribution in [2.75, 3.05) is 38.2 Å². The molecule has 1 fully saturated rings. The van der Waals surface area contributed by atoms with Crippen molar-refractivity contribution in [3.8, 4) is 0 Å². The molecular weight excluding hydrogens is 324 g/mol. The summed E-state index contributed by atoms with van der Waals surface area (Å²) in [5.74, 6) is 0.836. The molecule has 8 heteroatoms. The Morgan fingerprint density at radius 1 is 1.33 bits per heavy atom. The predicted molar refractivity (Wildman–Crippen MR) is 94.2 cm³/mol. The van der Waals surface area contributed by atoms with Gasteiger partial charge in [-0.15, -0.1) is 11.3 Å². The van der Waals surface area contributed by atoms with Gasteiger partial charge in [-0.25, -0.2) is 9.97 Å². The third-order valence-corrected chi connectivity index (χ3v) is 5.32. The average molecular weight is 344 g/mol. The van der Waals surface area contributed by atoms with E-state index in [1.165, 1.54) is 4.88 Å². The number of nitrogens with zero attached hydrogens (tertiary/aromatic N) is 5. The second kappa shape index (κ2) is 6.84. The van der Waals surface area contributed by atoms with Crippen LogP contribution in [-0.4, -0.2) is 57.5 Å². The van der Waals surface area contributed by atoms with Crippen LogP contribution in [0.15, 0.2) is 30.0 Å². The molecule has 4 rings (SSSR count). The number of nitrogens with one attached hydrogen (secondary N) is 1. The summed E-state index contributed by atoms with van der Waals surface area (Å²) in [6.07, 6.45) is 3.40. The smallest absolute Gasteiger partial charge is 0.163 e. The van der Waals surface area contributed by atoms with Crippen molar-refractivity contribution in [1.82, 2.24) is 24.6 Å². The van der Waals surface area contributed by atoms with Crippen LogP contribution in [0.5, 0.6) is 0 Å². The number of thiophene rings is 1. The molecule has 0 aliphatic carbocycles. The summed E-state index contributed by atoms with van der Waals surface area (Å²) in [5.41, 5.74) is 0.839. The third kappa shape index (κ3) is 3.00. The SMILES string of the molecule is Cn1ncc2c(NC[C@@H](c3cccs3)N3CCOCC3)ncnc21. The molecule has 3 aromatic heterocycles. The summed E-state index contributed by atoms with van der Waals surface area (Å²) in [6, 6.07) is 4.62. The fourth-order valence-electron chi connectivity index (χ4n) is 3.08. The number of ether oxygens (including phenoxy) is 1. The quantitative estimate of drug-likeness (QED) is 0.763. The average Bonchev–Trinajstić information content (AvgIpc) is 3.27. The van der Waals surface area contributed by atoms with Crippen LogP contribution in [-0.2, 0) is 11.8 Å². The highest BCUT2D eigenvalue weighted by atomic mass is 32.1. The van der Waals surface area contributed by atoms with E-state index in [-0.39, 0.29) is 0 Å². The molecule has 126 valence electrons. The Morgan fingerprint density at radius 2 is 2.21 bits per heavy atom. The molecule has 3 aromatic rings. The maximum atomic E-state index is 5.50. The van der Waals surface area contributed by atoms with Crippen molar-refractivity contribution in [1.29, 1.82) is 0 Å². The Labute approximate surface area is 144 Å². The van der Waals surface area contributed by atoms with Crippen molar-refractivity contribution in [3.05, 3.63) is 34.9 Å². The lowest BCUT2D eigenvalue weighted by atomic mass is 10.2. The lowest BCUT2D eigenvalue weighted by molar-refractivity contribution is 0.0194. The minimum absolute atomic E-state index is 0.315. The van der Waals surface area contributed by atoms with Crippen LogP contribution in [0.3, 0.4) is 0 Å². The predicted octanol–water partition coefficient (Wildman–Crippen LogP) is 1.91. The molecule has 1 atom stereocenters. The molecule has 0 saturated carbocycles. The molecule has 7 nitrogen and oxygen atoms in total. The lowest BCUT2D eigenvalue weighted by Crippen LogP contribution is -2.41. The van der Waals surface area contributed by atoms with Gasteiger partial charge in [-0.05, 0) is 11.4 Å². The van der Waals surface area contributed by atoms with Gasteiger partial charge < -0.3 is 10.1 Å². The molecule has 0 amide bonds. The zero-order chi connectivity index (χ0) is 16.4. The van der Waals surface area contributed by atoms with Gasteiger partial charge in [0, 0.05) is 31.6 Å². The van der Waals surface area contributed by atoms with Crippen LogP contribution in [0.4, 0.5) is 5.82 Å². The number of hydrogen-bond acceptors (Lipinski definition) is 7. The van der Waals surface area contributed by atoms with Crippen molar-refractivity contribution in [2.24, 2.45) is 7.05 Å². The summed E-state index contributed by atoms with van der Waals surface area (Å²) in [5, 5.41) is 10.9. The minimum atomic E-state index is 0.315. The van der Waals surface area contributed by atoms with E-state index in [1.54, 1.807) is 22.3 Å². The summed E-state index contributed by atoms with van der Waals surface area (Å²) in [4.78, 5) is 12.5. The molecule has 0 bridgehead atoms. The van der Waals surface area contributed by atoms with Gasteiger partial charge in [0.2, 0.25) is 0 Å². The molecule has 1 N–H and O–H groups in total. The fraction of sp³-hybridized carbons (Fsp3) is 0.438. The Morgan fingerprint density at radius 3 is 3.00 bits per heavy atom. The number of anilines is 1. The number of rotatable bonds is 5. The van der Waals surface area contributed by atoms with E-state index in [9.17, 15) is 0 Å². The number of fused-ring (bicyclic) bond motifs is 1. The van der Waals surface area contributed by atoms with Gasteiger partial charge in [-0.1, -0.05) is 6.07 Å². The Balaban J connectivity index is 1.56. The van der Waals surface area contributed by atoms with Crippen LogP contribution in [0.25, 0.3) is 11.0 Å². The van der Waals surface area contributed by atoms with Crippen LogP contribution < -0.4 is 5.32 Å². The summed E-state index contributed by atoms with van der Waals surface area (Å²) >= 11 is 1.80. The summed E-state index contributed by atoms with van der Waals surface area (Å²) in [6.45, 7) is 4.29. The van der Waals surface area contributed by atoms with Gasteiger partial charge in [-0.3, -0.25) is 9.58 Å². The molecule has 1 aliphatic rings. The normalized spacial score (nSPS) is 17.2. The zero-order valence-electron chi connectivity index (χ0n) is 13.6. The fourth-order valence-corrected chi connectivity index (χ4v) is 3.94. The van der Waals surface area contributed by atoms with Gasteiger partial charge in [0.1, 0.15) is 12.1 Å². The second-order valence-electron chi connectivity index (χ2n) is 5.79. The molecule has 0 radical (unpaired) electrons. The topological polar surface area (TPSA) is 68.1 Å². The number of morpholine rings is 1. The minimum Gasteiger partial charge on any atom is -0.379 e. The maximum Gasteiger partial charge on any atom is 0.163 e. The first kappa shape index (κ1) is 15.5. The number of aromatic nitrogens is 4. The Hall–Kier alpha value is -2.03. The maximum absolute atomic E-state index is 5.50. The molecule has 24 heavy (non-hydrogen) atoms. The van der Waals surface area contributed by atoms with E-state index >= 15 is 0 Å². The van der Waals surface area contributed by atoms with Gasteiger partial charge >= 0.3 is 0 Å². The van der Waals surface area contributed by atoms with Gasteiger partial charge in [0.15, 0.2) is 5.65 Å². The molecule has 4 heterocycles. The highest BCUT2D eigenvalue weighted by molar-refractivity contribution is 7.10. The monoisotopic (exact) mass is 344 g/mol. The van der Waals surface area contributed by atoms with Gasteiger partial charge in [0.05, 0.1) is 30.8 Å². The standard InChI is InChI=1S/C16H20N6OS/c1-21-16-12(9-20-21)15(18-11-19-16)17-10-13(14-3-2-8-24-14)22-4-6-23-7-5-22/h2-3,8-9,11,13H,4-7,10H2,1H3,(H,17,18,19)/t13-/m0/s1. The first-order valence-corrected chi connectivity index (χ1v) is 8.92. The van der Waals surface area contributed by atoms with Gasteiger partial charge in [-0.2, -0.15) is 5.10 Å². The molecular formula is C16H20N6OS. The van der Waals surface area contributed by atoms with E-state index < -0.39 is 0 Å². The zero-order valence-corrected chi connectivity index (χ0v) is 14.4. The van der Waals surface area contributed by atoms with Crippen LogP contribution >= 0.6 is 11.3 Å². The summed E-state index contributed by atoms with van der Waals surface area (Å²) < 4.78 is 7.26. The van der Waals surface area contributed by atoms with Crippen LogP contribution in [0, 0.1) is 0 Å². The van der Waals surface area contributed by atoms with Crippen LogP contribution in [0.1, 0.15) is 10.9 Å². The van der Waals surface area contributed by atoms with Gasteiger partial charge in [0.25, 0.3) is 0 Å². The number of hydrogen-bond donors (Lipinski definition) is 1. The third-order valence-electron chi connectivity index (χ3n) is 4.35. The summed E-state index contributed by atoms with van der Waals surface area (Å²) in [7, 11) is 1.89. The van der Waals surface area contributed by atoms with Crippen molar-refractivity contribution in [2.45, 2.75) is 6.04 Å². The number of aryl methyl sites for hydroxylation is 1. The molecule has 0 spiro atoms. The molecule has 0 aromatic carbocycles. The highest BCUT2D eigenvalue weighted by Gasteiger charge is 2.23. The largest absolute Gasteiger partial charge is 0.379 e. The van der Waals surface area contributed by atoms with Crippen LogP contribution in [0.2, 0.25) is 0 Å². The first-order chi connectivity index (χ1) is 11.8. The molecule has 1 aliphatic heterocycles. The van der Waals surface area contributed by atoms with Crippen molar-refractivity contribution < 1.29 is 4.74 Å². The molecule has 0 unspecified atom stereocenters. The van der Waals surface area contributed by atoms with E-state index in [1.807, 2.05) is 13.2 Å². The van der Waals surface area contributed by atoms with E-state index in [0.29, 0.717) is 6.04 Å². The van der Waals surface area contributed by atoms with E-state index in [4.69, 9.17) is 4.74 Å². The Bertz CT molecular complexity index is 796. The molecule has 1 saturated heterocycles. The lowest BCUT2D eigenvalue weighted by Gasteiger charge is -2.34. The second-order valence-corrected chi connectivity index (χ2v) is 6.77. The van der Waals surface area contributed by atoms with Crippen molar-refractivity contribution >= 4 is 28.2 Å². The first-order valence-electron chi connectivity index (χ1n) is 8.04. The highest BCUT2D eigenvalue weighted by Crippen LogP contribution is 2.27. The Kier molecular flexibility index (Phi) is 4.42. The van der Waals surface area contributed by atoms with Crippen molar-refractivity contribution in [3.63, 3.8) is 0 Å². The van der Waals surface area contributed by atoms with E-state index in [2.05, 4.69) is 42.8 Å².